The number of ether oxygens (including phenoxy) is 1. The van der Waals surface area contributed by atoms with E-state index in [-0.39, 0.29) is 42.5 Å². The molecule has 1 aliphatic carbocycles. The van der Waals surface area contributed by atoms with Gasteiger partial charge in [-0.25, -0.2) is 4.79 Å². The van der Waals surface area contributed by atoms with Crippen LogP contribution in [0.25, 0.3) is 10.8 Å². The van der Waals surface area contributed by atoms with Crippen molar-refractivity contribution in [2.75, 3.05) is 26.2 Å². The average Bonchev–Trinajstić information content (AvgIpc) is 3.18. The fourth-order valence-electron chi connectivity index (χ4n) is 5.70. The highest BCUT2D eigenvalue weighted by atomic mass is 16.6. The quantitative estimate of drug-likeness (QED) is 0.734. The Balaban J connectivity index is 1.07. The zero-order valence-electron chi connectivity index (χ0n) is 19.6. The Morgan fingerprint density at radius 3 is 2.50 bits per heavy atom. The zero-order chi connectivity index (χ0) is 23.5. The SMILES string of the molecule is O=C(Cc1ccc2ccccc2c1)NCC(=O)N1CCC(N2CC3(CCCCC3)OC2=O)CC1. The van der Waals surface area contributed by atoms with Gasteiger partial charge in [-0.3, -0.25) is 9.59 Å². The standard InChI is InChI=1S/C27H33N3O4/c31-24(17-20-8-9-21-6-2-3-7-22(21)16-20)28-18-25(32)29-14-10-23(11-15-29)30-19-27(34-26(30)33)12-4-1-5-13-27/h2-3,6-9,16,23H,1,4-5,10-15,17-19H2,(H,28,31). The molecule has 2 aliphatic heterocycles. The Hall–Kier alpha value is -3.09. The van der Waals surface area contributed by atoms with Gasteiger partial charge in [0.2, 0.25) is 11.8 Å². The second-order valence-electron chi connectivity index (χ2n) is 9.99. The summed E-state index contributed by atoms with van der Waals surface area (Å²) < 4.78 is 5.83. The van der Waals surface area contributed by atoms with Gasteiger partial charge >= 0.3 is 6.09 Å². The van der Waals surface area contributed by atoms with E-state index >= 15 is 0 Å². The first-order valence-corrected chi connectivity index (χ1v) is 12.5. The van der Waals surface area contributed by atoms with Crippen LogP contribution in [0, 0.1) is 0 Å². The first-order chi connectivity index (χ1) is 16.5. The second kappa shape index (κ2) is 9.65. The number of likely N-dealkylation sites (tertiary alicyclic amines) is 1. The maximum atomic E-state index is 12.7. The van der Waals surface area contributed by atoms with E-state index in [0.29, 0.717) is 19.6 Å². The smallest absolute Gasteiger partial charge is 0.410 e. The third kappa shape index (κ3) is 4.88. The minimum atomic E-state index is -0.280. The van der Waals surface area contributed by atoms with Gasteiger partial charge in [0.05, 0.1) is 19.5 Å². The van der Waals surface area contributed by atoms with Crippen molar-refractivity contribution < 1.29 is 19.1 Å². The molecule has 5 rings (SSSR count). The molecule has 180 valence electrons. The lowest BCUT2D eigenvalue weighted by Gasteiger charge is -2.36. The molecule has 2 aromatic carbocycles. The number of nitrogens with zero attached hydrogens (tertiary/aromatic N) is 2. The number of hydrogen-bond acceptors (Lipinski definition) is 4. The lowest BCUT2D eigenvalue weighted by atomic mass is 9.84. The van der Waals surface area contributed by atoms with Gasteiger partial charge in [0.25, 0.3) is 0 Å². The summed E-state index contributed by atoms with van der Waals surface area (Å²) >= 11 is 0. The number of benzene rings is 2. The molecule has 0 atom stereocenters. The number of nitrogens with one attached hydrogen (secondary N) is 1. The molecule has 1 spiro atoms. The Bertz CT molecular complexity index is 1070. The Morgan fingerprint density at radius 2 is 1.74 bits per heavy atom. The molecule has 0 bridgehead atoms. The van der Waals surface area contributed by atoms with Crippen molar-refractivity contribution in [2.24, 2.45) is 0 Å². The van der Waals surface area contributed by atoms with Gasteiger partial charge in [-0.1, -0.05) is 48.9 Å². The van der Waals surface area contributed by atoms with Crippen LogP contribution in [0.4, 0.5) is 4.79 Å². The van der Waals surface area contributed by atoms with Crippen molar-refractivity contribution in [3.05, 3.63) is 48.0 Å². The molecule has 7 nitrogen and oxygen atoms in total. The summed E-state index contributed by atoms with van der Waals surface area (Å²) in [5, 5.41) is 5.01. The molecule has 0 aromatic heterocycles. The molecule has 0 unspecified atom stereocenters. The minimum Gasteiger partial charge on any atom is -0.441 e. The van der Waals surface area contributed by atoms with Crippen LogP contribution >= 0.6 is 0 Å². The lowest BCUT2D eigenvalue weighted by molar-refractivity contribution is -0.133. The summed E-state index contributed by atoms with van der Waals surface area (Å²) in [7, 11) is 0. The third-order valence-electron chi connectivity index (χ3n) is 7.63. The largest absolute Gasteiger partial charge is 0.441 e. The van der Waals surface area contributed by atoms with Gasteiger partial charge in [-0.05, 0) is 54.9 Å². The van der Waals surface area contributed by atoms with Crippen LogP contribution in [0.1, 0.15) is 50.5 Å². The molecule has 2 saturated heterocycles. The summed E-state index contributed by atoms with van der Waals surface area (Å²) in [6.07, 6.45) is 6.97. The molecular formula is C27H33N3O4. The van der Waals surface area contributed by atoms with Crippen LogP contribution in [0.2, 0.25) is 0 Å². The predicted molar refractivity (Wildman–Crippen MR) is 129 cm³/mol. The summed E-state index contributed by atoms with van der Waals surface area (Å²) in [4.78, 5) is 41.3. The third-order valence-corrected chi connectivity index (χ3v) is 7.63. The first-order valence-electron chi connectivity index (χ1n) is 12.5. The van der Waals surface area contributed by atoms with Gasteiger partial charge in [0, 0.05) is 19.1 Å². The fraction of sp³-hybridized carbons (Fsp3) is 0.519. The van der Waals surface area contributed by atoms with E-state index in [0.717, 1.165) is 54.9 Å². The van der Waals surface area contributed by atoms with Crippen molar-refractivity contribution in [2.45, 2.75) is 63.0 Å². The van der Waals surface area contributed by atoms with Crippen LogP contribution in [0.5, 0.6) is 0 Å². The minimum absolute atomic E-state index is 0.00590. The number of carbonyl (C=O) groups is 3. The maximum Gasteiger partial charge on any atom is 0.410 e. The number of carbonyl (C=O) groups excluding carboxylic acids is 3. The number of hydrogen-bond donors (Lipinski definition) is 1. The highest BCUT2D eigenvalue weighted by molar-refractivity contribution is 5.88. The van der Waals surface area contributed by atoms with E-state index in [4.69, 9.17) is 4.74 Å². The van der Waals surface area contributed by atoms with Crippen LogP contribution in [0.15, 0.2) is 42.5 Å². The molecule has 3 amide bonds. The van der Waals surface area contributed by atoms with Gasteiger partial charge in [0.1, 0.15) is 5.60 Å². The molecule has 1 N–H and O–H groups in total. The molecule has 34 heavy (non-hydrogen) atoms. The van der Waals surface area contributed by atoms with E-state index in [1.54, 1.807) is 4.90 Å². The molecule has 1 saturated carbocycles. The molecule has 7 heteroatoms. The highest BCUT2D eigenvalue weighted by Crippen LogP contribution is 2.38. The number of rotatable bonds is 5. The molecule has 3 aliphatic rings. The monoisotopic (exact) mass is 463 g/mol. The van der Waals surface area contributed by atoms with E-state index < -0.39 is 0 Å². The molecular weight excluding hydrogens is 430 g/mol. The van der Waals surface area contributed by atoms with E-state index in [1.165, 1.54) is 6.42 Å². The summed E-state index contributed by atoms with van der Waals surface area (Å²) in [6, 6.07) is 14.2. The van der Waals surface area contributed by atoms with E-state index in [1.807, 2.05) is 47.4 Å². The van der Waals surface area contributed by atoms with E-state index in [9.17, 15) is 14.4 Å². The Kier molecular flexibility index (Phi) is 6.44. The second-order valence-corrected chi connectivity index (χ2v) is 9.99. The molecule has 2 heterocycles. The topological polar surface area (TPSA) is 79.0 Å². The summed E-state index contributed by atoms with van der Waals surface area (Å²) in [5.74, 6) is -0.228. The number of fused-ring (bicyclic) bond motifs is 1. The zero-order valence-corrected chi connectivity index (χ0v) is 19.6. The molecule has 0 radical (unpaired) electrons. The highest BCUT2D eigenvalue weighted by Gasteiger charge is 2.48. The van der Waals surface area contributed by atoms with E-state index in [2.05, 4.69) is 5.32 Å². The van der Waals surface area contributed by atoms with Crippen molar-refractivity contribution in [3.8, 4) is 0 Å². The van der Waals surface area contributed by atoms with Crippen LogP contribution in [-0.2, 0) is 20.7 Å². The average molecular weight is 464 g/mol. The van der Waals surface area contributed by atoms with Crippen molar-refractivity contribution in [3.63, 3.8) is 0 Å². The van der Waals surface area contributed by atoms with Crippen LogP contribution < -0.4 is 5.32 Å². The maximum absolute atomic E-state index is 12.7. The van der Waals surface area contributed by atoms with Crippen molar-refractivity contribution in [1.29, 1.82) is 0 Å². The predicted octanol–water partition coefficient (Wildman–Crippen LogP) is 3.64. The first kappa shape index (κ1) is 22.7. The Labute approximate surface area is 200 Å². The summed E-state index contributed by atoms with van der Waals surface area (Å²) in [6.45, 7) is 1.89. The van der Waals surface area contributed by atoms with Gasteiger partial charge in [0.15, 0.2) is 0 Å². The van der Waals surface area contributed by atoms with Crippen molar-refractivity contribution in [1.82, 2.24) is 15.1 Å². The molecule has 2 aromatic rings. The van der Waals surface area contributed by atoms with Crippen LogP contribution in [0.3, 0.4) is 0 Å². The lowest BCUT2D eigenvalue weighted by Crippen LogP contribution is -2.50. The van der Waals surface area contributed by atoms with Gasteiger partial charge in [-0.15, -0.1) is 0 Å². The number of amides is 3. The Morgan fingerprint density at radius 1 is 1.00 bits per heavy atom. The summed E-state index contributed by atoms with van der Waals surface area (Å²) in [5.41, 5.74) is 0.648. The molecule has 3 fully saturated rings. The van der Waals surface area contributed by atoms with Crippen molar-refractivity contribution >= 4 is 28.7 Å². The van der Waals surface area contributed by atoms with Crippen LogP contribution in [-0.4, -0.2) is 65.5 Å². The van der Waals surface area contributed by atoms with Gasteiger partial charge in [-0.2, -0.15) is 0 Å². The fourth-order valence-corrected chi connectivity index (χ4v) is 5.70. The van der Waals surface area contributed by atoms with Gasteiger partial charge < -0.3 is 19.9 Å². The number of piperidine rings is 1. The normalized spacial score (nSPS) is 20.5.